The van der Waals surface area contributed by atoms with Crippen LogP contribution in [0.5, 0.6) is 5.75 Å². The molecule has 0 aliphatic rings. The van der Waals surface area contributed by atoms with Gasteiger partial charge in [-0.3, -0.25) is 4.79 Å². The minimum atomic E-state index is -0.568. The second kappa shape index (κ2) is 7.14. The number of aliphatic hydroxyl groups is 1. The molecule has 1 amide bonds. The summed E-state index contributed by atoms with van der Waals surface area (Å²) < 4.78 is 7.65. The minimum absolute atomic E-state index is 0.220. The lowest BCUT2D eigenvalue weighted by Crippen LogP contribution is -2.30. The Morgan fingerprint density at radius 2 is 2.08 bits per heavy atom. The number of benzene rings is 1. The number of ether oxygens (including phenoxy) is 1. The van der Waals surface area contributed by atoms with Crippen LogP contribution in [0.2, 0.25) is 0 Å². The first kappa shape index (κ1) is 16.0. The van der Waals surface area contributed by atoms with E-state index in [4.69, 9.17) is 4.74 Å². The monoisotopic (exact) mass is 325 g/mol. The number of aliphatic hydroxyl groups excluding tert-OH is 1. The third-order valence-electron chi connectivity index (χ3n) is 3.48. The molecule has 0 spiro atoms. The first-order valence-corrected chi connectivity index (χ1v) is 7.73. The Hall–Kier alpha value is -2.86. The number of rotatable bonds is 6. The second-order valence-corrected chi connectivity index (χ2v) is 5.57. The van der Waals surface area contributed by atoms with Crippen molar-refractivity contribution in [2.45, 2.75) is 19.6 Å². The molecule has 6 heteroatoms. The van der Waals surface area contributed by atoms with Gasteiger partial charge in [0.1, 0.15) is 18.0 Å². The van der Waals surface area contributed by atoms with E-state index in [2.05, 4.69) is 10.3 Å². The van der Waals surface area contributed by atoms with Crippen LogP contribution in [0.25, 0.3) is 5.65 Å². The van der Waals surface area contributed by atoms with Crippen LogP contribution in [0.1, 0.15) is 23.0 Å². The molecule has 3 aromatic rings. The fraction of sp³-hybridized carbons (Fsp3) is 0.222. The smallest absolute Gasteiger partial charge is 0.251 e. The number of amides is 1. The zero-order valence-corrected chi connectivity index (χ0v) is 13.3. The van der Waals surface area contributed by atoms with E-state index >= 15 is 0 Å². The van der Waals surface area contributed by atoms with Gasteiger partial charge in [0, 0.05) is 24.5 Å². The highest BCUT2D eigenvalue weighted by atomic mass is 16.5. The number of aromatic nitrogens is 2. The largest absolute Gasteiger partial charge is 0.487 e. The summed E-state index contributed by atoms with van der Waals surface area (Å²) in [4.78, 5) is 16.3. The molecule has 0 aliphatic heterocycles. The predicted molar refractivity (Wildman–Crippen MR) is 90.0 cm³/mol. The molecule has 0 bridgehead atoms. The van der Waals surface area contributed by atoms with E-state index in [0.29, 0.717) is 17.9 Å². The van der Waals surface area contributed by atoms with Gasteiger partial charge in [-0.2, -0.15) is 0 Å². The van der Waals surface area contributed by atoms with Gasteiger partial charge >= 0.3 is 0 Å². The fourth-order valence-electron chi connectivity index (χ4n) is 2.26. The van der Waals surface area contributed by atoms with Crippen LogP contribution >= 0.6 is 0 Å². The molecule has 3 rings (SSSR count). The van der Waals surface area contributed by atoms with Crippen molar-refractivity contribution in [2.75, 3.05) is 6.54 Å². The van der Waals surface area contributed by atoms with Crippen LogP contribution in [0.4, 0.5) is 0 Å². The molecule has 0 aliphatic carbocycles. The van der Waals surface area contributed by atoms with E-state index < -0.39 is 6.10 Å². The van der Waals surface area contributed by atoms with Crippen molar-refractivity contribution in [1.29, 1.82) is 0 Å². The Bertz CT molecular complexity index is 792. The maximum absolute atomic E-state index is 11.9. The number of fused-ring (bicyclic) bond motifs is 1. The van der Waals surface area contributed by atoms with E-state index in [1.165, 1.54) is 0 Å². The van der Waals surface area contributed by atoms with Crippen LogP contribution in [0.15, 0.2) is 54.9 Å². The van der Waals surface area contributed by atoms with Crippen LogP contribution in [0, 0.1) is 0 Å². The average molecular weight is 325 g/mol. The van der Waals surface area contributed by atoms with Crippen molar-refractivity contribution in [3.05, 3.63) is 66.1 Å². The third-order valence-corrected chi connectivity index (χ3v) is 3.48. The zero-order valence-electron chi connectivity index (χ0n) is 13.3. The number of hydrogen-bond donors (Lipinski definition) is 2. The van der Waals surface area contributed by atoms with Crippen LogP contribution in [0.3, 0.4) is 0 Å². The van der Waals surface area contributed by atoms with Crippen LogP contribution < -0.4 is 10.1 Å². The van der Waals surface area contributed by atoms with Gasteiger partial charge < -0.3 is 19.6 Å². The van der Waals surface area contributed by atoms with Crippen LogP contribution in [-0.2, 0) is 6.61 Å². The van der Waals surface area contributed by atoms with Crippen molar-refractivity contribution < 1.29 is 14.6 Å². The van der Waals surface area contributed by atoms with E-state index in [0.717, 1.165) is 11.3 Å². The number of pyridine rings is 1. The molecule has 1 unspecified atom stereocenters. The Labute approximate surface area is 139 Å². The Morgan fingerprint density at radius 1 is 1.29 bits per heavy atom. The summed E-state index contributed by atoms with van der Waals surface area (Å²) in [6.07, 6.45) is 3.29. The lowest BCUT2D eigenvalue weighted by atomic mass is 10.2. The maximum atomic E-state index is 11.9. The number of imidazole rings is 1. The van der Waals surface area contributed by atoms with E-state index in [-0.39, 0.29) is 12.5 Å². The molecule has 0 saturated heterocycles. The molecule has 124 valence electrons. The maximum Gasteiger partial charge on any atom is 0.251 e. The van der Waals surface area contributed by atoms with Crippen molar-refractivity contribution in [2.24, 2.45) is 0 Å². The molecule has 6 nitrogen and oxygen atoms in total. The summed E-state index contributed by atoms with van der Waals surface area (Å²) in [5, 5.41) is 11.8. The van der Waals surface area contributed by atoms with E-state index in [9.17, 15) is 9.90 Å². The first-order chi connectivity index (χ1) is 11.6. The molecule has 0 saturated carbocycles. The van der Waals surface area contributed by atoms with Gasteiger partial charge in [0.05, 0.1) is 11.8 Å². The fourth-order valence-corrected chi connectivity index (χ4v) is 2.26. The molecule has 1 atom stereocenters. The zero-order chi connectivity index (χ0) is 16.9. The highest BCUT2D eigenvalue weighted by Crippen LogP contribution is 2.14. The first-order valence-electron chi connectivity index (χ1n) is 7.73. The molecule has 2 heterocycles. The van der Waals surface area contributed by atoms with Gasteiger partial charge in [-0.25, -0.2) is 4.98 Å². The highest BCUT2D eigenvalue weighted by Gasteiger charge is 2.07. The quantitative estimate of drug-likeness (QED) is 0.727. The minimum Gasteiger partial charge on any atom is -0.487 e. The molecular formula is C18H19N3O3. The summed E-state index contributed by atoms with van der Waals surface area (Å²) in [5.41, 5.74) is 2.23. The summed E-state index contributed by atoms with van der Waals surface area (Å²) >= 11 is 0. The predicted octanol–water partition coefficient (Wildman–Crippen LogP) is 2.02. The highest BCUT2D eigenvalue weighted by molar-refractivity contribution is 5.94. The summed E-state index contributed by atoms with van der Waals surface area (Å²) in [6, 6.07) is 12.7. The average Bonchev–Trinajstić information content (AvgIpc) is 3.01. The SMILES string of the molecule is CC(O)CNC(=O)c1ccc(OCc2cn3ccccc3n2)cc1. The van der Waals surface area contributed by atoms with Gasteiger partial charge in [0.2, 0.25) is 0 Å². The van der Waals surface area contributed by atoms with E-state index in [1.807, 2.05) is 35.0 Å². The Morgan fingerprint density at radius 3 is 2.79 bits per heavy atom. The van der Waals surface area contributed by atoms with Gasteiger partial charge in [-0.05, 0) is 43.3 Å². The number of carbonyl (C=O) groups excluding carboxylic acids is 1. The van der Waals surface area contributed by atoms with Crippen molar-refractivity contribution in [3.63, 3.8) is 0 Å². The number of nitrogens with one attached hydrogen (secondary N) is 1. The summed E-state index contributed by atoms with van der Waals surface area (Å²) in [7, 11) is 0. The lowest BCUT2D eigenvalue weighted by molar-refractivity contribution is 0.0924. The summed E-state index contributed by atoms with van der Waals surface area (Å²) in [6.45, 7) is 2.21. The van der Waals surface area contributed by atoms with Crippen molar-refractivity contribution >= 4 is 11.6 Å². The molecular weight excluding hydrogens is 306 g/mol. The van der Waals surface area contributed by atoms with Crippen molar-refractivity contribution in [1.82, 2.24) is 14.7 Å². The van der Waals surface area contributed by atoms with Crippen LogP contribution in [-0.4, -0.2) is 33.0 Å². The second-order valence-electron chi connectivity index (χ2n) is 5.57. The standard InChI is InChI=1S/C18H19N3O3/c1-13(22)10-19-18(23)14-5-7-16(8-6-14)24-12-15-11-21-9-3-2-4-17(21)20-15/h2-9,11,13,22H,10,12H2,1H3,(H,19,23). The molecule has 1 aromatic carbocycles. The number of nitrogens with zero attached hydrogens (tertiary/aromatic N) is 2. The molecule has 2 aromatic heterocycles. The summed E-state index contributed by atoms with van der Waals surface area (Å²) in [5.74, 6) is 0.446. The third kappa shape index (κ3) is 3.91. The molecule has 2 N–H and O–H groups in total. The number of hydrogen-bond acceptors (Lipinski definition) is 4. The molecule has 24 heavy (non-hydrogen) atoms. The van der Waals surface area contributed by atoms with Gasteiger partial charge in [0.15, 0.2) is 0 Å². The lowest BCUT2D eigenvalue weighted by Gasteiger charge is -2.08. The van der Waals surface area contributed by atoms with Gasteiger partial charge in [0.25, 0.3) is 5.91 Å². The molecule has 0 radical (unpaired) electrons. The molecule has 0 fully saturated rings. The van der Waals surface area contributed by atoms with Gasteiger partial charge in [-0.15, -0.1) is 0 Å². The topological polar surface area (TPSA) is 75.9 Å². The Balaban J connectivity index is 1.58. The van der Waals surface area contributed by atoms with E-state index in [1.54, 1.807) is 31.2 Å². The normalized spacial score (nSPS) is 12.1. The number of carbonyl (C=O) groups is 1. The van der Waals surface area contributed by atoms with Crippen molar-refractivity contribution in [3.8, 4) is 5.75 Å². The van der Waals surface area contributed by atoms with Gasteiger partial charge in [-0.1, -0.05) is 6.07 Å². The Kier molecular flexibility index (Phi) is 4.77.